The summed E-state index contributed by atoms with van der Waals surface area (Å²) >= 11 is 0. The molecule has 2 heterocycles. The van der Waals surface area contributed by atoms with E-state index in [9.17, 15) is 4.79 Å². The highest BCUT2D eigenvalue weighted by Gasteiger charge is 2.27. The van der Waals surface area contributed by atoms with E-state index in [0.29, 0.717) is 11.4 Å². The Bertz CT molecular complexity index is 1240. The summed E-state index contributed by atoms with van der Waals surface area (Å²) in [6.07, 6.45) is 3.77. The molecule has 1 aliphatic rings. The van der Waals surface area contributed by atoms with Gasteiger partial charge in [0, 0.05) is 11.4 Å². The molecule has 5 rings (SSSR count). The van der Waals surface area contributed by atoms with Crippen molar-refractivity contribution in [1.29, 1.82) is 0 Å². The molecule has 0 bridgehead atoms. The molecule has 1 aromatic heterocycles. The molecule has 0 saturated heterocycles. The summed E-state index contributed by atoms with van der Waals surface area (Å²) in [6, 6.07) is 27.9. The number of nitrogens with one attached hydrogen (secondary N) is 2. The van der Waals surface area contributed by atoms with Crippen LogP contribution in [-0.2, 0) is 0 Å². The van der Waals surface area contributed by atoms with E-state index in [1.54, 1.807) is 6.20 Å². The number of fused-ring (bicyclic) bond motifs is 1. The van der Waals surface area contributed by atoms with E-state index >= 15 is 0 Å². The first-order valence-electron chi connectivity index (χ1n) is 10.2. The van der Waals surface area contributed by atoms with Gasteiger partial charge in [0.2, 0.25) is 0 Å². The van der Waals surface area contributed by atoms with E-state index in [4.69, 9.17) is 0 Å². The zero-order valence-electron chi connectivity index (χ0n) is 17.1. The highest BCUT2D eigenvalue weighted by molar-refractivity contribution is 6.08. The number of carbonyl (C=O) groups excluding carboxylic acids is 1. The molecule has 5 heteroatoms. The third-order valence-electron chi connectivity index (χ3n) is 5.42. The second-order valence-electron chi connectivity index (χ2n) is 7.60. The molecule has 1 unspecified atom stereocenters. The van der Waals surface area contributed by atoms with Crippen LogP contribution in [0.5, 0.6) is 0 Å². The molecule has 0 radical (unpaired) electrons. The number of aromatic nitrogens is 2. The van der Waals surface area contributed by atoms with Gasteiger partial charge in [-0.15, -0.1) is 0 Å². The lowest BCUT2D eigenvalue weighted by molar-refractivity contribution is 0.102. The molecular weight excluding hydrogens is 384 g/mol. The average molecular weight is 406 g/mol. The van der Waals surface area contributed by atoms with Crippen LogP contribution in [-0.4, -0.2) is 15.7 Å². The fourth-order valence-corrected chi connectivity index (χ4v) is 3.77. The van der Waals surface area contributed by atoms with Crippen LogP contribution in [0.4, 0.5) is 11.5 Å². The molecular formula is C26H22N4O. The standard InChI is InChI=1S/C26H22N4O/c1-18-12-14-21(15-13-18)28-26(31)22-17-27-30-24(20-10-6-3-7-11-20)16-23(29-25(22)30)19-8-4-2-5-9-19/h2-17,24,29H,1H3,(H,28,31). The van der Waals surface area contributed by atoms with Crippen molar-refractivity contribution in [3.8, 4) is 0 Å². The second kappa shape index (κ2) is 7.95. The Hall–Kier alpha value is -4.12. The largest absolute Gasteiger partial charge is 0.339 e. The third kappa shape index (κ3) is 3.73. The van der Waals surface area contributed by atoms with Crippen LogP contribution in [0.15, 0.2) is 97.2 Å². The molecule has 0 saturated carbocycles. The van der Waals surface area contributed by atoms with Gasteiger partial charge in [-0.05, 0) is 36.3 Å². The number of carbonyl (C=O) groups is 1. The van der Waals surface area contributed by atoms with Crippen molar-refractivity contribution in [2.24, 2.45) is 0 Å². The van der Waals surface area contributed by atoms with Crippen LogP contribution in [0, 0.1) is 6.92 Å². The van der Waals surface area contributed by atoms with Gasteiger partial charge in [-0.1, -0.05) is 78.4 Å². The molecule has 1 amide bonds. The third-order valence-corrected chi connectivity index (χ3v) is 5.42. The van der Waals surface area contributed by atoms with Gasteiger partial charge in [0.15, 0.2) is 0 Å². The lowest BCUT2D eigenvalue weighted by atomic mass is 10.0. The predicted octanol–water partition coefficient (Wildman–Crippen LogP) is 5.50. The van der Waals surface area contributed by atoms with E-state index in [2.05, 4.69) is 46.1 Å². The maximum atomic E-state index is 13.1. The number of allylic oxidation sites excluding steroid dienone is 1. The summed E-state index contributed by atoms with van der Waals surface area (Å²) in [5, 5.41) is 11.0. The van der Waals surface area contributed by atoms with E-state index in [1.807, 2.05) is 72.3 Å². The fraction of sp³-hybridized carbons (Fsp3) is 0.0769. The molecule has 5 nitrogen and oxygen atoms in total. The van der Waals surface area contributed by atoms with E-state index in [1.165, 1.54) is 0 Å². The van der Waals surface area contributed by atoms with Crippen molar-refractivity contribution in [2.75, 3.05) is 10.6 Å². The second-order valence-corrected chi connectivity index (χ2v) is 7.60. The minimum Gasteiger partial charge on any atom is -0.339 e. The number of amides is 1. The lowest BCUT2D eigenvalue weighted by Crippen LogP contribution is -2.22. The molecule has 1 atom stereocenters. The van der Waals surface area contributed by atoms with Crippen LogP contribution in [0.1, 0.15) is 33.1 Å². The number of anilines is 2. The van der Waals surface area contributed by atoms with Gasteiger partial charge in [0.05, 0.1) is 12.2 Å². The Kier molecular flexibility index (Phi) is 4.84. The Morgan fingerprint density at radius 3 is 2.32 bits per heavy atom. The van der Waals surface area contributed by atoms with Gasteiger partial charge in [-0.2, -0.15) is 5.10 Å². The summed E-state index contributed by atoms with van der Waals surface area (Å²) in [4.78, 5) is 13.1. The molecule has 0 spiro atoms. The number of hydrogen-bond acceptors (Lipinski definition) is 3. The topological polar surface area (TPSA) is 59.0 Å². The van der Waals surface area contributed by atoms with Gasteiger partial charge < -0.3 is 10.6 Å². The number of benzene rings is 3. The highest BCUT2D eigenvalue weighted by atomic mass is 16.1. The van der Waals surface area contributed by atoms with Crippen molar-refractivity contribution in [3.05, 3.63) is 119 Å². The van der Waals surface area contributed by atoms with Crippen LogP contribution in [0.3, 0.4) is 0 Å². The predicted molar refractivity (Wildman–Crippen MR) is 124 cm³/mol. The summed E-state index contributed by atoms with van der Waals surface area (Å²) in [6.45, 7) is 2.02. The minimum absolute atomic E-state index is 0.117. The van der Waals surface area contributed by atoms with Gasteiger partial charge in [0.1, 0.15) is 11.4 Å². The molecule has 4 aromatic rings. The van der Waals surface area contributed by atoms with E-state index in [-0.39, 0.29) is 11.9 Å². The molecule has 31 heavy (non-hydrogen) atoms. The zero-order valence-corrected chi connectivity index (χ0v) is 17.1. The lowest BCUT2D eigenvalue weighted by Gasteiger charge is -2.26. The molecule has 1 aliphatic heterocycles. The maximum absolute atomic E-state index is 13.1. The summed E-state index contributed by atoms with van der Waals surface area (Å²) in [7, 11) is 0. The van der Waals surface area contributed by atoms with Crippen LogP contribution < -0.4 is 10.6 Å². The monoisotopic (exact) mass is 406 g/mol. The number of nitrogens with zero attached hydrogens (tertiary/aromatic N) is 2. The quantitative estimate of drug-likeness (QED) is 0.470. The summed E-state index contributed by atoms with van der Waals surface area (Å²) in [5.74, 6) is 0.485. The van der Waals surface area contributed by atoms with Gasteiger partial charge in [-0.3, -0.25) is 4.79 Å². The van der Waals surface area contributed by atoms with Gasteiger partial charge >= 0.3 is 0 Å². The highest BCUT2D eigenvalue weighted by Crippen LogP contribution is 2.35. The van der Waals surface area contributed by atoms with E-state index in [0.717, 1.165) is 28.1 Å². The van der Waals surface area contributed by atoms with Crippen LogP contribution in [0.2, 0.25) is 0 Å². The van der Waals surface area contributed by atoms with E-state index < -0.39 is 0 Å². The molecule has 0 fully saturated rings. The van der Waals surface area contributed by atoms with Gasteiger partial charge in [0.25, 0.3) is 5.91 Å². The number of rotatable bonds is 4. The maximum Gasteiger partial charge on any atom is 0.261 e. The number of aryl methyl sites for hydroxylation is 1. The van der Waals surface area contributed by atoms with Gasteiger partial charge in [-0.25, -0.2) is 4.68 Å². The zero-order chi connectivity index (χ0) is 21.2. The molecule has 0 aliphatic carbocycles. The fourth-order valence-electron chi connectivity index (χ4n) is 3.77. The molecule has 152 valence electrons. The van der Waals surface area contributed by atoms with Crippen LogP contribution >= 0.6 is 0 Å². The molecule has 2 N–H and O–H groups in total. The van der Waals surface area contributed by atoms with Crippen molar-refractivity contribution in [3.63, 3.8) is 0 Å². The molecule has 3 aromatic carbocycles. The SMILES string of the molecule is Cc1ccc(NC(=O)c2cnn3c2NC(c2ccccc2)=CC3c2ccccc2)cc1. The van der Waals surface area contributed by atoms with Crippen molar-refractivity contribution < 1.29 is 4.79 Å². The Morgan fingerprint density at radius 2 is 1.61 bits per heavy atom. The first-order valence-corrected chi connectivity index (χ1v) is 10.2. The minimum atomic E-state index is -0.196. The van der Waals surface area contributed by atoms with Crippen molar-refractivity contribution in [1.82, 2.24) is 9.78 Å². The first kappa shape index (κ1) is 18.9. The summed E-state index contributed by atoms with van der Waals surface area (Å²) in [5.41, 5.74) is 5.51. The smallest absolute Gasteiger partial charge is 0.261 e. The summed E-state index contributed by atoms with van der Waals surface area (Å²) < 4.78 is 1.87. The van der Waals surface area contributed by atoms with Crippen LogP contribution in [0.25, 0.3) is 5.70 Å². The Balaban J connectivity index is 1.54. The average Bonchev–Trinajstić information content (AvgIpc) is 3.25. The first-order chi connectivity index (χ1) is 15.2. The normalized spacial score (nSPS) is 14.9. The van der Waals surface area contributed by atoms with Crippen molar-refractivity contribution in [2.45, 2.75) is 13.0 Å². The number of hydrogen-bond donors (Lipinski definition) is 2. The van der Waals surface area contributed by atoms with Crippen molar-refractivity contribution >= 4 is 23.1 Å². The Labute approximate surface area is 181 Å². The Morgan fingerprint density at radius 1 is 0.935 bits per heavy atom.